The Labute approximate surface area is 182 Å². The molecule has 2 heterocycles. The van der Waals surface area contributed by atoms with Gasteiger partial charge in [0.25, 0.3) is 0 Å². The normalized spacial score (nSPS) is 10.6. The molecule has 8 heteroatoms. The third kappa shape index (κ3) is 4.61. The molecule has 0 saturated carbocycles. The van der Waals surface area contributed by atoms with Crippen LogP contribution in [0.4, 0.5) is 17.3 Å². The van der Waals surface area contributed by atoms with Crippen LogP contribution in [0.1, 0.15) is 0 Å². The number of thioether (sulfide) groups is 1. The van der Waals surface area contributed by atoms with E-state index in [1.807, 2.05) is 42.0 Å². The molecule has 0 aliphatic carbocycles. The number of benzene rings is 2. The number of carbonyl (C=O) groups excluding carboxylic acids is 1. The second-order valence-corrected chi connectivity index (χ2v) is 7.96. The van der Waals surface area contributed by atoms with Crippen LogP contribution in [0.3, 0.4) is 0 Å². The van der Waals surface area contributed by atoms with Gasteiger partial charge in [0.05, 0.1) is 5.52 Å². The van der Waals surface area contributed by atoms with E-state index in [1.165, 1.54) is 22.3 Å². The van der Waals surface area contributed by atoms with E-state index < -0.39 is 0 Å². The maximum absolute atomic E-state index is 11.6. The number of rotatable bonds is 7. The zero-order valence-corrected chi connectivity index (χ0v) is 17.7. The number of carbonyl (C=O) groups is 1. The Morgan fingerprint density at radius 3 is 2.73 bits per heavy atom. The van der Waals surface area contributed by atoms with Crippen molar-refractivity contribution in [3.63, 3.8) is 0 Å². The summed E-state index contributed by atoms with van der Waals surface area (Å²) in [6.07, 6.45) is 3.26. The van der Waals surface area contributed by atoms with Crippen molar-refractivity contribution < 1.29 is 9.53 Å². The predicted molar refractivity (Wildman–Crippen MR) is 124 cm³/mol. The summed E-state index contributed by atoms with van der Waals surface area (Å²) in [6, 6.07) is 17.1. The van der Waals surface area contributed by atoms with Gasteiger partial charge in [-0.3, -0.25) is 4.79 Å². The van der Waals surface area contributed by atoms with Gasteiger partial charge in [-0.25, -0.2) is 4.98 Å². The average molecular weight is 435 g/mol. The van der Waals surface area contributed by atoms with Crippen LogP contribution in [0.25, 0.3) is 10.2 Å². The maximum atomic E-state index is 11.6. The van der Waals surface area contributed by atoms with Gasteiger partial charge in [-0.1, -0.05) is 12.6 Å². The second kappa shape index (κ2) is 8.98. The first-order valence-corrected chi connectivity index (χ1v) is 11.1. The van der Waals surface area contributed by atoms with Crippen LogP contribution in [0.2, 0.25) is 0 Å². The van der Waals surface area contributed by atoms with Crippen molar-refractivity contribution in [1.82, 2.24) is 9.97 Å². The smallest absolute Gasteiger partial charge is 0.247 e. The molecular formula is C22H18N4O2S2. The Hall–Kier alpha value is -3.36. The molecule has 0 aliphatic heterocycles. The van der Waals surface area contributed by atoms with Crippen molar-refractivity contribution >= 4 is 56.5 Å². The second-order valence-electron chi connectivity index (χ2n) is 6.16. The minimum atomic E-state index is -0.284. The van der Waals surface area contributed by atoms with Crippen molar-refractivity contribution in [2.75, 3.05) is 16.9 Å². The Bertz CT molecular complexity index is 1210. The number of hydrogen-bond donors (Lipinski definition) is 2. The van der Waals surface area contributed by atoms with Gasteiger partial charge in [0.1, 0.15) is 10.4 Å². The molecule has 2 aromatic carbocycles. The highest BCUT2D eigenvalue weighted by molar-refractivity contribution is 7.98. The minimum Gasteiger partial charge on any atom is -0.437 e. The highest BCUT2D eigenvalue weighted by atomic mass is 32.2. The number of hydrogen-bond acceptors (Lipinski definition) is 7. The highest BCUT2D eigenvalue weighted by Gasteiger charge is 2.12. The Morgan fingerprint density at radius 1 is 1.13 bits per heavy atom. The number of amides is 1. The van der Waals surface area contributed by atoms with Gasteiger partial charge in [0.15, 0.2) is 0 Å². The highest BCUT2D eigenvalue weighted by Crippen LogP contribution is 2.33. The molecule has 30 heavy (non-hydrogen) atoms. The van der Waals surface area contributed by atoms with E-state index in [0.717, 1.165) is 15.9 Å². The first kappa shape index (κ1) is 19.9. The zero-order valence-electron chi connectivity index (χ0n) is 16.1. The lowest BCUT2D eigenvalue weighted by Gasteiger charge is -2.10. The van der Waals surface area contributed by atoms with E-state index >= 15 is 0 Å². The molecule has 0 atom stereocenters. The molecule has 0 unspecified atom stereocenters. The zero-order chi connectivity index (χ0) is 20.9. The van der Waals surface area contributed by atoms with E-state index in [1.54, 1.807) is 36.0 Å². The van der Waals surface area contributed by atoms with Crippen molar-refractivity contribution in [3.8, 4) is 11.6 Å². The summed E-state index contributed by atoms with van der Waals surface area (Å²) in [5.41, 5.74) is 2.30. The van der Waals surface area contributed by atoms with Crippen LogP contribution in [0.15, 0.2) is 77.5 Å². The number of nitrogens with zero attached hydrogens (tertiary/aromatic N) is 2. The predicted octanol–water partition coefficient (Wildman–Crippen LogP) is 6.07. The Kier molecular flexibility index (Phi) is 5.97. The van der Waals surface area contributed by atoms with E-state index in [2.05, 4.69) is 27.2 Å². The van der Waals surface area contributed by atoms with E-state index in [4.69, 9.17) is 4.74 Å². The van der Waals surface area contributed by atoms with Gasteiger partial charge in [0, 0.05) is 22.3 Å². The number of anilines is 3. The van der Waals surface area contributed by atoms with Crippen LogP contribution < -0.4 is 15.4 Å². The van der Waals surface area contributed by atoms with Gasteiger partial charge in [-0.05, 0) is 60.2 Å². The monoisotopic (exact) mass is 434 g/mol. The summed E-state index contributed by atoms with van der Waals surface area (Å²) in [5.74, 6) is 1.17. The van der Waals surface area contributed by atoms with E-state index in [9.17, 15) is 4.79 Å². The largest absolute Gasteiger partial charge is 0.437 e. The third-order valence-corrected chi connectivity index (χ3v) is 5.76. The van der Waals surface area contributed by atoms with Gasteiger partial charge >= 0.3 is 0 Å². The van der Waals surface area contributed by atoms with Crippen molar-refractivity contribution in [3.05, 3.63) is 72.6 Å². The van der Waals surface area contributed by atoms with E-state index in [-0.39, 0.29) is 5.91 Å². The fourth-order valence-electron chi connectivity index (χ4n) is 2.71. The first-order valence-electron chi connectivity index (χ1n) is 9.02. The molecule has 0 saturated heterocycles. The van der Waals surface area contributed by atoms with Crippen LogP contribution in [0, 0.1) is 0 Å². The molecule has 0 radical (unpaired) electrons. The molecule has 0 aliphatic rings. The topological polar surface area (TPSA) is 76.1 Å². The summed E-state index contributed by atoms with van der Waals surface area (Å²) in [6.45, 7) is 3.46. The van der Waals surface area contributed by atoms with Crippen LogP contribution >= 0.6 is 23.1 Å². The molecule has 6 nitrogen and oxygen atoms in total. The lowest BCUT2D eigenvalue weighted by molar-refractivity contribution is -0.111. The molecule has 0 bridgehead atoms. The molecular weight excluding hydrogens is 416 g/mol. The van der Waals surface area contributed by atoms with Gasteiger partial charge in [-0.2, -0.15) is 4.98 Å². The van der Waals surface area contributed by atoms with Crippen molar-refractivity contribution in [2.45, 2.75) is 4.90 Å². The van der Waals surface area contributed by atoms with Crippen molar-refractivity contribution in [1.29, 1.82) is 0 Å². The number of thiophene rings is 1. The molecule has 4 rings (SSSR count). The van der Waals surface area contributed by atoms with Crippen LogP contribution in [-0.2, 0) is 4.79 Å². The number of aromatic nitrogens is 2. The number of fused-ring (bicyclic) bond motifs is 1. The standard InChI is InChI=1S/C22H18N4O2S2/c1-3-19(27)23-15-5-4-6-16(13-15)28-21-20-18(11-12-30-20)25-22(26-21)24-14-7-9-17(29-2)10-8-14/h3-13H,1H2,2H3,(H,23,27)(H,24,25,26). The first-order chi connectivity index (χ1) is 14.6. The molecule has 150 valence electrons. The van der Waals surface area contributed by atoms with Gasteiger partial charge in [0.2, 0.25) is 17.7 Å². The SMILES string of the molecule is C=CC(=O)Nc1cccc(Oc2nc(Nc3ccc(SC)cc3)nc3ccsc23)c1. The quantitative estimate of drug-likeness (QED) is 0.271. The van der Waals surface area contributed by atoms with Crippen LogP contribution in [-0.4, -0.2) is 22.1 Å². The molecule has 0 fully saturated rings. The summed E-state index contributed by atoms with van der Waals surface area (Å²) in [5, 5.41) is 7.90. The fourth-order valence-corrected chi connectivity index (χ4v) is 3.87. The molecule has 0 spiro atoms. The summed E-state index contributed by atoms with van der Waals surface area (Å²) >= 11 is 3.20. The maximum Gasteiger partial charge on any atom is 0.247 e. The number of ether oxygens (including phenoxy) is 1. The average Bonchev–Trinajstić information content (AvgIpc) is 3.23. The Balaban J connectivity index is 1.62. The summed E-state index contributed by atoms with van der Waals surface area (Å²) < 4.78 is 6.91. The molecule has 4 aromatic rings. The fraction of sp³-hybridized carbons (Fsp3) is 0.0455. The van der Waals surface area contributed by atoms with E-state index in [0.29, 0.717) is 23.3 Å². The Morgan fingerprint density at radius 2 is 1.97 bits per heavy atom. The van der Waals surface area contributed by atoms with Crippen molar-refractivity contribution in [2.24, 2.45) is 0 Å². The van der Waals surface area contributed by atoms with Gasteiger partial charge < -0.3 is 15.4 Å². The lowest BCUT2D eigenvalue weighted by atomic mass is 10.3. The summed E-state index contributed by atoms with van der Waals surface area (Å²) in [4.78, 5) is 21.9. The molecule has 2 N–H and O–H groups in total. The summed E-state index contributed by atoms with van der Waals surface area (Å²) in [7, 11) is 0. The van der Waals surface area contributed by atoms with Gasteiger partial charge in [-0.15, -0.1) is 23.1 Å². The minimum absolute atomic E-state index is 0.284. The van der Waals surface area contributed by atoms with Crippen LogP contribution in [0.5, 0.6) is 11.6 Å². The third-order valence-electron chi connectivity index (χ3n) is 4.12. The number of nitrogens with one attached hydrogen (secondary N) is 2. The lowest BCUT2D eigenvalue weighted by Crippen LogP contribution is -2.07. The molecule has 2 aromatic heterocycles. The molecule has 1 amide bonds.